The molecule has 11 nitrogen and oxygen atoms in total. The lowest BCUT2D eigenvalue weighted by Gasteiger charge is -2.46. The summed E-state index contributed by atoms with van der Waals surface area (Å²) in [6, 6.07) is 0. The molecule has 2 aliphatic carbocycles. The Morgan fingerprint density at radius 2 is 1.53 bits per heavy atom. The minimum Gasteiger partial charge on any atom is -0.427 e. The van der Waals surface area contributed by atoms with E-state index in [1.807, 2.05) is 0 Å². The van der Waals surface area contributed by atoms with Crippen molar-refractivity contribution in [2.45, 2.75) is 112 Å². The van der Waals surface area contributed by atoms with Gasteiger partial charge < -0.3 is 55.1 Å². The number of rotatable bonds is 4. The van der Waals surface area contributed by atoms with E-state index in [4.69, 9.17) is 14.2 Å². The largest absolute Gasteiger partial charge is 0.427 e. The molecular weight excluding hydrogens is 428 g/mol. The lowest BCUT2D eigenvalue weighted by molar-refractivity contribution is -0.324. The topological polar surface area (TPSA) is 193 Å². The second kappa shape index (κ2) is 10.0. The number of ether oxygens (including phenoxy) is 3. The van der Waals surface area contributed by atoms with Gasteiger partial charge in [-0.25, -0.2) is 0 Å². The van der Waals surface area contributed by atoms with Crippen molar-refractivity contribution in [3.8, 4) is 0 Å². The van der Waals surface area contributed by atoms with Gasteiger partial charge in [-0.15, -0.1) is 0 Å². The molecule has 2 saturated heterocycles. The molecule has 0 radical (unpaired) electrons. The molecule has 14 atom stereocenters. The van der Waals surface area contributed by atoms with Crippen LogP contribution < -0.4 is 0 Å². The molecule has 0 aromatic heterocycles. The Labute approximate surface area is 186 Å². The Balaban J connectivity index is 1.34. The van der Waals surface area contributed by atoms with E-state index in [0.717, 1.165) is 0 Å². The predicted octanol–water partition coefficient (Wildman–Crippen LogP) is -3.51. The molecule has 32 heavy (non-hydrogen) atoms. The van der Waals surface area contributed by atoms with Gasteiger partial charge in [0, 0.05) is 18.8 Å². The molecule has 0 bridgehead atoms. The number of aliphatic hydroxyl groups excluding tert-OH is 8. The summed E-state index contributed by atoms with van der Waals surface area (Å²) in [6.07, 6.45) is -8.78. The van der Waals surface area contributed by atoms with Crippen molar-refractivity contribution in [3.05, 3.63) is 0 Å². The monoisotopic (exact) mass is 465 g/mol. The molecule has 2 aliphatic heterocycles. The quantitative estimate of drug-likeness (QED) is 0.193. The van der Waals surface area contributed by atoms with E-state index < -0.39 is 73.9 Å². The predicted molar refractivity (Wildman–Crippen MR) is 107 cm³/mol. The lowest BCUT2D eigenvalue weighted by Crippen LogP contribution is -2.60. The van der Waals surface area contributed by atoms with Crippen molar-refractivity contribution >= 4 is 0 Å². The Hall–Kier alpha value is -0.440. The third-order valence-corrected chi connectivity index (χ3v) is 7.72. The van der Waals surface area contributed by atoms with Crippen molar-refractivity contribution in [2.75, 3.05) is 6.61 Å². The van der Waals surface area contributed by atoms with Crippen molar-refractivity contribution < 1.29 is 55.1 Å². The lowest BCUT2D eigenvalue weighted by atomic mass is 9.72. The molecule has 186 valence electrons. The highest BCUT2D eigenvalue weighted by molar-refractivity contribution is 4.97. The number of aliphatic hydroxyl groups is 10. The SMILES string of the molecule is OC[C@H]1O[C@@H](OC2CCC(C3[OH+]C4CC(O)CC(O)C4CC3O)CC2O)[C@H](O)[C@@H](O)[C@@H]1O. The fourth-order valence-corrected chi connectivity index (χ4v) is 5.89. The molecule has 11 heteroatoms. The summed E-state index contributed by atoms with van der Waals surface area (Å²) in [5.41, 5.74) is 0. The molecule has 0 amide bonds. The summed E-state index contributed by atoms with van der Waals surface area (Å²) < 4.78 is 15.9. The summed E-state index contributed by atoms with van der Waals surface area (Å²) in [6.45, 7) is -0.563. The van der Waals surface area contributed by atoms with Gasteiger partial charge in [-0.2, -0.15) is 0 Å². The Bertz CT molecular complexity index is 621. The molecule has 4 fully saturated rings. The van der Waals surface area contributed by atoms with E-state index in [2.05, 4.69) is 0 Å². The van der Waals surface area contributed by atoms with Crippen molar-refractivity contribution in [2.24, 2.45) is 11.8 Å². The second-order valence-electron chi connectivity index (χ2n) is 9.88. The first-order chi connectivity index (χ1) is 15.2. The second-order valence-corrected chi connectivity index (χ2v) is 9.88. The number of fused-ring (bicyclic) bond motifs is 1. The maximum Gasteiger partial charge on any atom is 0.187 e. The zero-order valence-electron chi connectivity index (χ0n) is 17.9. The third kappa shape index (κ3) is 4.84. The summed E-state index contributed by atoms with van der Waals surface area (Å²) in [7, 11) is 0. The smallest absolute Gasteiger partial charge is 0.187 e. The van der Waals surface area contributed by atoms with Crippen LogP contribution in [0, 0.1) is 11.8 Å². The summed E-state index contributed by atoms with van der Waals surface area (Å²) >= 11 is 0. The number of hydrogen-bond acceptors (Lipinski definition) is 10. The first-order valence-corrected chi connectivity index (χ1v) is 11.6. The first-order valence-electron chi connectivity index (χ1n) is 11.6. The molecule has 0 spiro atoms. The fourth-order valence-electron chi connectivity index (χ4n) is 5.89. The van der Waals surface area contributed by atoms with Gasteiger partial charge >= 0.3 is 0 Å². The van der Waals surface area contributed by atoms with Crippen LogP contribution in [0.15, 0.2) is 0 Å². The first kappa shape index (κ1) is 24.7. The minimum absolute atomic E-state index is 0.105. The van der Waals surface area contributed by atoms with Crippen LogP contribution in [0.5, 0.6) is 0 Å². The van der Waals surface area contributed by atoms with E-state index in [0.29, 0.717) is 38.5 Å². The molecule has 9 unspecified atom stereocenters. The third-order valence-electron chi connectivity index (χ3n) is 7.72. The molecular formula is C21H37O11+. The molecule has 4 rings (SSSR count). The summed E-state index contributed by atoms with van der Waals surface area (Å²) in [4.78, 5) is 0. The Kier molecular flexibility index (Phi) is 7.75. The zero-order valence-corrected chi connectivity index (χ0v) is 17.9. The fraction of sp³-hybridized carbons (Fsp3) is 1.00. The van der Waals surface area contributed by atoms with Gasteiger partial charge in [-0.05, 0) is 25.7 Å². The highest BCUT2D eigenvalue weighted by atomic mass is 16.7. The van der Waals surface area contributed by atoms with Gasteiger partial charge in [0.15, 0.2) is 18.5 Å². The minimum atomic E-state index is -1.55. The van der Waals surface area contributed by atoms with Gasteiger partial charge in [-0.1, -0.05) is 0 Å². The van der Waals surface area contributed by atoms with Crippen LogP contribution >= 0.6 is 0 Å². The van der Waals surface area contributed by atoms with Gasteiger partial charge in [0.1, 0.15) is 30.5 Å². The molecule has 2 saturated carbocycles. The molecule has 2 heterocycles. The molecule has 4 aliphatic rings. The van der Waals surface area contributed by atoms with E-state index in [9.17, 15) is 40.9 Å². The standard InChI is InChI=1S/C21H36O11/c22-7-16-17(27)18(28)19(29)21(32-16)31-14-2-1-8(3-12(14)25)20-13(26)6-10-11(24)4-9(23)5-15(10)30-20/h8-29H,1-7H2/p+1/t8?,9?,10?,11?,12?,13?,14?,15?,16-,17-,18+,19-,20?,21-/m1/s1. The van der Waals surface area contributed by atoms with Crippen molar-refractivity contribution in [1.29, 1.82) is 0 Å². The van der Waals surface area contributed by atoms with Crippen LogP contribution in [0.1, 0.15) is 38.5 Å². The molecule has 0 aromatic carbocycles. The average molecular weight is 466 g/mol. The van der Waals surface area contributed by atoms with Crippen LogP contribution in [-0.2, 0) is 9.47 Å². The zero-order chi connectivity index (χ0) is 23.2. The van der Waals surface area contributed by atoms with Crippen LogP contribution in [-0.4, -0.2) is 126 Å². The van der Waals surface area contributed by atoms with Crippen LogP contribution in [0.4, 0.5) is 0 Å². The van der Waals surface area contributed by atoms with Crippen LogP contribution in [0.3, 0.4) is 0 Å². The van der Waals surface area contributed by atoms with Crippen LogP contribution in [0.2, 0.25) is 0 Å². The van der Waals surface area contributed by atoms with Gasteiger partial charge in [0.05, 0.1) is 36.9 Å². The molecule has 0 aromatic rings. The van der Waals surface area contributed by atoms with Gasteiger partial charge in [0.2, 0.25) is 0 Å². The summed E-state index contributed by atoms with van der Waals surface area (Å²) in [5.74, 6) is -0.271. The highest BCUT2D eigenvalue weighted by Crippen LogP contribution is 2.40. The highest BCUT2D eigenvalue weighted by Gasteiger charge is 2.52. The van der Waals surface area contributed by atoms with Crippen molar-refractivity contribution in [1.82, 2.24) is 0 Å². The molecule has 9 N–H and O–H groups in total. The van der Waals surface area contributed by atoms with E-state index in [1.54, 1.807) is 0 Å². The maximum absolute atomic E-state index is 10.7. The average Bonchev–Trinajstić information content (AvgIpc) is 2.75. The Morgan fingerprint density at radius 3 is 2.22 bits per heavy atom. The van der Waals surface area contributed by atoms with Crippen LogP contribution in [0.25, 0.3) is 0 Å². The van der Waals surface area contributed by atoms with Gasteiger partial charge in [-0.3, -0.25) is 0 Å². The Morgan fingerprint density at radius 1 is 0.781 bits per heavy atom. The van der Waals surface area contributed by atoms with Gasteiger partial charge in [0.25, 0.3) is 0 Å². The normalized spacial score (nSPS) is 54.8. The van der Waals surface area contributed by atoms with E-state index in [-0.39, 0.29) is 17.9 Å². The summed E-state index contributed by atoms with van der Waals surface area (Å²) in [5, 5.41) is 80.9. The van der Waals surface area contributed by atoms with E-state index >= 15 is 0 Å². The maximum atomic E-state index is 10.7. The number of hydrogen-bond donors (Lipinski definition) is 8. The van der Waals surface area contributed by atoms with E-state index in [1.165, 1.54) is 0 Å². The van der Waals surface area contributed by atoms with Crippen molar-refractivity contribution in [3.63, 3.8) is 0 Å².